The van der Waals surface area contributed by atoms with Gasteiger partial charge in [0.05, 0.1) is 29.0 Å². The van der Waals surface area contributed by atoms with Crippen molar-refractivity contribution in [2.24, 2.45) is 0 Å². The van der Waals surface area contributed by atoms with Gasteiger partial charge in [0.1, 0.15) is 0 Å². The molecule has 0 aliphatic carbocycles. The van der Waals surface area contributed by atoms with Gasteiger partial charge >= 0.3 is 0 Å². The van der Waals surface area contributed by atoms with Crippen LogP contribution in [0.15, 0.2) is 0 Å². The fraction of sp³-hybridized carbons (Fsp3) is 1.00. The average molecular weight is 439 g/mol. The first-order chi connectivity index (χ1) is 12.7. The van der Waals surface area contributed by atoms with E-state index in [0.717, 1.165) is 13.2 Å². The van der Waals surface area contributed by atoms with Gasteiger partial charge in [-0.1, -0.05) is 99.1 Å². The van der Waals surface area contributed by atoms with E-state index in [9.17, 15) is 0 Å². The van der Waals surface area contributed by atoms with E-state index in [1.807, 2.05) is 0 Å². The second-order valence-corrected chi connectivity index (χ2v) is 16.6. The van der Waals surface area contributed by atoms with E-state index < -0.39 is 17.6 Å². The van der Waals surface area contributed by atoms with Crippen LogP contribution in [0.1, 0.15) is 67.2 Å². The van der Waals surface area contributed by atoms with E-state index in [-0.39, 0.29) is 0 Å². The standard InChI is InChI=1S/C20H46O2S2Si2/c1-7-13-25(14-8-2)19(21-11-5)17-23-24-18-20(22-12-6)26(15-9-3)16-10-4/h19-20,25-26H,7-18H2,1-6H3. The maximum atomic E-state index is 6.19. The fourth-order valence-corrected chi connectivity index (χ4v) is 15.4. The van der Waals surface area contributed by atoms with Crippen molar-refractivity contribution in [1.29, 1.82) is 0 Å². The maximum Gasteiger partial charge on any atom is 0.0728 e. The molecule has 0 aromatic carbocycles. The van der Waals surface area contributed by atoms with Crippen molar-refractivity contribution in [2.45, 2.75) is 103 Å². The Labute approximate surface area is 176 Å². The second kappa shape index (κ2) is 19.4. The summed E-state index contributed by atoms with van der Waals surface area (Å²) in [7, 11) is 2.58. The Balaban J connectivity index is 4.50. The fourth-order valence-electron chi connectivity index (χ4n) is 3.81. The van der Waals surface area contributed by atoms with Crippen LogP contribution >= 0.6 is 21.6 Å². The third kappa shape index (κ3) is 12.5. The first-order valence-corrected chi connectivity index (χ1v) is 18.2. The second-order valence-electron chi connectivity index (χ2n) is 7.23. The van der Waals surface area contributed by atoms with Crippen molar-refractivity contribution < 1.29 is 9.47 Å². The van der Waals surface area contributed by atoms with Crippen molar-refractivity contribution in [2.75, 3.05) is 24.7 Å². The lowest BCUT2D eigenvalue weighted by Crippen LogP contribution is -2.36. The molecule has 0 fully saturated rings. The molecule has 0 radical (unpaired) electrons. The third-order valence-electron chi connectivity index (χ3n) is 5.00. The van der Waals surface area contributed by atoms with Crippen LogP contribution in [0, 0.1) is 0 Å². The Hall–Kier alpha value is 1.05. The molecular weight excluding hydrogens is 393 g/mol. The van der Waals surface area contributed by atoms with Gasteiger partial charge in [0.2, 0.25) is 0 Å². The lowest BCUT2D eigenvalue weighted by Gasteiger charge is -2.27. The minimum Gasteiger partial charge on any atom is -0.381 e. The molecular formula is C20H46O2S2Si2. The molecule has 0 saturated heterocycles. The van der Waals surface area contributed by atoms with E-state index in [1.54, 1.807) is 0 Å². The van der Waals surface area contributed by atoms with Gasteiger partial charge < -0.3 is 9.47 Å². The summed E-state index contributed by atoms with van der Waals surface area (Å²) >= 11 is 0. The Morgan fingerprint density at radius 1 is 0.577 bits per heavy atom. The summed E-state index contributed by atoms with van der Waals surface area (Å²) in [6, 6.07) is 5.75. The molecule has 0 aliphatic heterocycles. The zero-order valence-corrected chi connectivity index (χ0v) is 22.4. The summed E-state index contributed by atoms with van der Waals surface area (Å²) in [6.45, 7) is 15.4. The van der Waals surface area contributed by atoms with Crippen LogP contribution < -0.4 is 0 Å². The molecule has 158 valence electrons. The summed E-state index contributed by atoms with van der Waals surface area (Å²) in [5.41, 5.74) is 1.12. The minimum absolute atomic E-state index is 0.558. The topological polar surface area (TPSA) is 18.5 Å². The van der Waals surface area contributed by atoms with Crippen molar-refractivity contribution in [1.82, 2.24) is 0 Å². The smallest absolute Gasteiger partial charge is 0.0728 e. The number of ether oxygens (including phenoxy) is 2. The highest BCUT2D eigenvalue weighted by Crippen LogP contribution is 2.28. The molecule has 0 spiro atoms. The first kappa shape index (κ1) is 27.1. The SMILES string of the molecule is CCC[SiH](CCC)C(CSSCC(OCC)[SiH](CCC)CCC)OCC. The molecule has 0 saturated carbocycles. The van der Waals surface area contributed by atoms with Crippen LogP contribution in [0.4, 0.5) is 0 Å². The van der Waals surface area contributed by atoms with Crippen LogP contribution in [0.3, 0.4) is 0 Å². The summed E-state index contributed by atoms with van der Waals surface area (Å²) < 4.78 is 12.4. The molecule has 6 heteroatoms. The predicted octanol–water partition coefficient (Wildman–Crippen LogP) is 6.35. The molecule has 2 atom stereocenters. The predicted molar refractivity (Wildman–Crippen MR) is 130 cm³/mol. The van der Waals surface area contributed by atoms with Crippen LogP contribution in [-0.4, -0.2) is 53.8 Å². The Kier molecular flexibility index (Phi) is 20.2. The van der Waals surface area contributed by atoms with Gasteiger partial charge in [-0.15, -0.1) is 0 Å². The Morgan fingerprint density at radius 2 is 0.885 bits per heavy atom. The highest BCUT2D eigenvalue weighted by Gasteiger charge is 2.24. The minimum atomic E-state index is -0.768. The largest absolute Gasteiger partial charge is 0.381 e. The molecule has 0 aliphatic rings. The Morgan fingerprint density at radius 3 is 1.12 bits per heavy atom. The molecule has 0 N–H and O–H groups in total. The summed E-state index contributed by atoms with van der Waals surface area (Å²) in [5.74, 6) is 2.37. The van der Waals surface area contributed by atoms with E-state index in [0.29, 0.717) is 11.5 Å². The number of hydrogen-bond acceptors (Lipinski definition) is 4. The van der Waals surface area contributed by atoms with E-state index in [2.05, 4.69) is 63.1 Å². The highest BCUT2D eigenvalue weighted by molar-refractivity contribution is 8.76. The monoisotopic (exact) mass is 438 g/mol. The molecule has 2 nitrogen and oxygen atoms in total. The zero-order chi connectivity index (χ0) is 19.6. The van der Waals surface area contributed by atoms with Crippen molar-refractivity contribution in [3.63, 3.8) is 0 Å². The van der Waals surface area contributed by atoms with Gasteiger partial charge in [-0.3, -0.25) is 0 Å². The lowest BCUT2D eigenvalue weighted by atomic mass is 10.6. The molecule has 0 aromatic heterocycles. The van der Waals surface area contributed by atoms with Crippen LogP contribution in [0.5, 0.6) is 0 Å². The molecule has 0 aromatic rings. The van der Waals surface area contributed by atoms with Crippen molar-refractivity contribution >= 4 is 39.2 Å². The Bertz CT molecular complexity index is 259. The maximum absolute atomic E-state index is 6.19. The van der Waals surface area contributed by atoms with Crippen molar-refractivity contribution in [3.05, 3.63) is 0 Å². The van der Waals surface area contributed by atoms with Crippen LogP contribution in [-0.2, 0) is 9.47 Å². The van der Waals surface area contributed by atoms with Gasteiger partial charge in [0, 0.05) is 24.7 Å². The van der Waals surface area contributed by atoms with Gasteiger partial charge in [-0.2, -0.15) is 0 Å². The molecule has 0 heterocycles. The molecule has 0 bridgehead atoms. The highest BCUT2D eigenvalue weighted by atomic mass is 33.1. The lowest BCUT2D eigenvalue weighted by molar-refractivity contribution is 0.128. The van der Waals surface area contributed by atoms with Crippen molar-refractivity contribution in [3.8, 4) is 0 Å². The van der Waals surface area contributed by atoms with E-state index in [4.69, 9.17) is 9.47 Å². The summed E-state index contributed by atoms with van der Waals surface area (Å²) in [6.07, 6.45) is 5.30. The van der Waals surface area contributed by atoms with Gasteiger partial charge in [-0.25, -0.2) is 0 Å². The normalized spacial score (nSPS) is 14.3. The average Bonchev–Trinajstić information content (AvgIpc) is 2.63. The van der Waals surface area contributed by atoms with E-state index in [1.165, 1.54) is 61.4 Å². The molecule has 0 amide bonds. The summed E-state index contributed by atoms with van der Waals surface area (Å²) in [5, 5.41) is 0. The molecule has 26 heavy (non-hydrogen) atoms. The molecule has 2 unspecified atom stereocenters. The number of rotatable bonds is 19. The summed E-state index contributed by atoms with van der Waals surface area (Å²) in [4.78, 5) is 0. The zero-order valence-electron chi connectivity index (χ0n) is 18.4. The number of hydrogen-bond donors (Lipinski definition) is 0. The van der Waals surface area contributed by atoms with E-state index >= 15 is 0 Å². The van der Waals surface area contributed by atoms with Gasteiger partial charge in [0.15, 0.2) is 0 Å². The van der Waals surface area contributed by atoms with Crippen LogP contribution in [0.2, 0.25) is 24.2 Å². The molecule has 0 rings (SSSR count). The third-order valence-corrected chi connectivity index (χ3v) is 16.3. The first-order valence-electron chi connectivity index (χ1n) is 11.2. The van der Waals surface area contributed by atoms with Gasteiger partial charge in [0.25, 0.3) is 0 Å². The van der Waals surface area contributed by atoms with Gasteiger partial charge in [-0.05, 0) is 13.8 Å². The van der Waals surface area contributed by atoms with Crippen LogP contribution in [0.25, 0.3) is 0 Å². The quantitative estimate of drug-likeness (QED) is 0.133.